The summed E-state index contributed by atoms with van der Waals surface area (Å²) in [4.78, 5) is 11.0. The first-order valence-electron chi connectivity index (χ1n) is 8.24. The molecule has 2 atom stereocenters. The second-order valence-corrected chi connectivity index (χ2v) is 6.37. The van der Waals surface area contributed by atoms with Gasteiger partial charge in [-0.25, -0.2) is 9.97 Å². The van der Waals surface area contributed by atoms with E-state index in [1.807, 2.05) is 6.07 Å². The van der Waals surface area contributed by atoms with Crippen molar-refractivity contribution < 1.29 is 9.47 Å². The van der Waals surface area contributed by atoms with Crippen LogP contribution in [0.15, 0.2) is 12.4 Å². The molecule has 2 aliphatic heterocycles. The summed E-state index contributed by atoms with van der Waals surface area (Å²) in [5.74, 6) is 2.99. The van der Waals surface area contributed by atoms with Crippen LogP contribution < -0.4 is 10.2 Å². The van der Waals surface area contributed by atoms with Gasteiger partial charge in [-0.05, 0) is 12.3 Å². The highest BCUT2D eigenvalue weighted by atomic mass is 16.5. The summed E-state index contributed by atoms with van der Waals surface area (Å²) < 4.78 is 11.2. The van der Waals surface area contributed by atoms with Gasteiger partial charge in [0.2, 0.25) is 0 Å². The molecule has 0 spiro atoms. The largest absolute Gasteiger partial charge is 0.378 e. The zero-order valence-corrected chi connectivity index (χ0v) is 13.5. The predicted molar refractivity (Wildman–Crippen MR) is 86.2 cm³/mol. The van der Waals surface area contributed by atoms with Crippen LogP contribution in [0.25, 0.3) is 0 Å². The fraction of sp³-hybridized carbons (Fsp3) is 0.750. The molecule has 1 aromatic heterocycles. The fourth-order valence-corrected chi connectivity index (χ4v) is 3.26. The van der Waals surface area contributed by atoms with E-state index in [2.05, 4.69) is 34.0 Å². The zero-order valence-electron chi connectivity index (χ0n) is 13.5. The SMILES string of the molecule is CC(C)[C@H]1OCC[C@@H]1CNc1cc(N2CCOCC2)ncn1. The van der Waals surface area contributed by atoms with Gasteiger partial charge in [0, 0.05) is 38.2 Å². The van der Waals surface area contributed by atoms with Crippen molar-refractivity contribution in [2.45, 2.75) is 26.4 Å². The molecule has 6 heteroatoms. The Morgan fingerprint density at radius 3 is 2.86 bits per heavy atom. The normalized spacial score (nSPS) is 25.7. The maximum atomic E-state index is 5.84. The molecule has 2 aliphatic rings. The van der Waals surface area contributed by atoms with Crippen LogP contribution in [0, 0.1) is 11.8 Å². The summed E-state index contributed by atoms with van der Waals surface area (Å²) >= 11 is 0. The summed E-state index contributed by atoms with van der Waals surface area (Å²) in [5, 5.41) is 3.46. The quantitative estimate of drug-likeness (QED) is 0.895. The molecular formula is C16H26N4O2. The van der Waals surface area contributed by atoms with E-state index in [9.17, 15) is 0 Å². The number of aromatic nitrogens is 2. The lowest BCUT2D eigenvalue weighted by atomic mass is 9.93. The van der Waals surface area contributed by atoms with Crippen LogP contribution in [0.5, 0.6) is 0 Å². The van der Waals surface area contributed by atoms with Crippen LogP contribution in [0.1, 0.15) is 20.3 Å². The molecule has 1 aromatic rings. The van der Waals surface area contributed by atoms with Gasteiger partial charge in [-0.15, -0.1) is 0 Å². The van der Waals surface area contributed by atoms with E-state index in [0.717, 1.165) is 57.5 Å². The van der Waals surface area contributed by atoms with Crippen molar-refractivity contribution in [2.75, 3.05) is 49.7 Å². The molecule has 0 unspecified atom stereocenters. The van der Waals surface area contributed by atoms with Crippen molar-refractivity contribution >= 4 is 11.6 Å². The molecule has 6 nitrogen and oxygen atoms in total. The molecule has 0 bridgehead atoms. The van der Waals surface area contributed by atoms with E-state index >= 15 is 0 Å². The predicted octanol–water partition coefficient (Wildman–Crippen LogP) is 1.79. The Balaban J connectivity index is 1.58. The number of hydrogen-bond acceptors (Lipinski definition) is 6. The van der Waals surface area contributed by atoms with E-state index in [0.29, 0.717) is 17.9 Å². The van der Waals surface area contributed by atoms with Gasteiger partial charge in [-0.2, -0.15) is 0 Å². The molecule has 3 heterocycles. The lowest BCUT2D eigenvalue weighted by molar-refractivity contribution is 0.0566. The van der Waals surface area contributed by atoms with Gasteiger partial charge >= 0.3 is 0 Å². The van der Waals surface area contributed by atoms with Crippen LogP contribution in [-0.2, 0) is 9.47 Å². The van der Waals surface area contributed by atoms with Gasteiger partial charge in [-0.3, -0.25) is 0 Å². The van der Waals surface area contributed by atoms with Crippen LogP contribution >= 0.6 is 0 Å². The third kappa shape index (κ3) is 3.67. The first-order chi connectivity index (χ1) is 10.7. The summed E-state index contributed by atoms with van der Waals surface area (Å²) in [5.41, 5.74) is 0. The summed E-state index contributed by atoms with van der Waals surface area (Å²) in [6, 6.07) is 2.03. The molecule has 0 aliphatic carbocycles. The smallest absolute Gasteiger partial charge is 0.134 e. The average molecular weight is 306 g/mol. The van der Waals surface area contributed by atoms with Crippen LogP contribution in [0.2, 0.25) is 0 Å². The molecule has 2 saturated heterocycles. The Hall–Kier alpha value is -1.40. The van der Waals surface area contributed by atoms with Crippen LogP contribution in [0.3, 0.4) is 0 Å². The molecule has 22 heavy (non-hydrogen) atoms. The summed E-state index contributed by atoms with van der Waals surface area (Å²) in [7, 11) is 0. The molecule has 122 valence electrons. The minimum Gasteiger partial charge on any atom is -0.378 e. The molecule has 3 rings (SSSR count). The van der Waals surface area contributed by atoms with Crippen molar-refractivity contribution in [3.63, 3.8) is 0 Å². The Kier molecular flexibility index (Phi) is 5.10. The Morgan fingerprint density at radius 1 is 1.27 bits per heavy atom. The first-order valence-corrected chi connectivity index (χ1v) is 8.24. The molecule has 2 fully saturated rings. The van der Waals surface area contributed by atoms with Crippen molar-refractivity contribution in [1.29, 1.82) is 0 Å². The minimum atomic E-state index is 0.355. The maximum Gasteiger partial charge on any atom is 0.134 e. The third-order valence-electron chi connectivity index (χ3n) is 4.45. The summed E-state index contributed by atoms with van der Waals surface area (Å²) in [6.45, 7) is 9.55. The summed E-state index contributed by atoms with van der Waals surface area (Å²) in [6.07, 6.45) is 3.11. The average Bonchev–Trinajstić information content (AvgIpc) is 3.03. The van der Waals surface area contributed by atoms with E-state index < -0.39 is 0 Å². The number of morpholine rings is 1. The second kappa shape index (κ2) is 7.24. The van der Waals surface area contributed by atoms with Gasteiger partial charge < -0.3 is 19.7 Å². The highest BCUT2D eigenvalue weighted by molar-refractivity contribution is 5.48. The monoisotopic (exact) mass is 306 g/mol. The molecule has 1 N–H and O–H groups in total. The Bertz CT molecular complexity index is 477. The Morgan fingerprint density at radius 2 is 2.09 bits per heavy atom. The number of anilines is 2. The van der Waals surface area contributed by atoms with Crippen molar-refractivity contribution in [3.05, 3.63) is 12.4 Å². The lowest BCUT2D eigenvalue weighted by Crippen LogP contribution is -2.36. The molecule has 0 amide bonds. The maximum absolute atomic E-state index is 5.84. The van der Waals surface area contributed by atoms with Crippen molar-refractivity contribution in [1.82, 2.24) is 9.97 Å². The standard InChI is InChI=1S/C16H26N4O2/c1-12(2)16-13(3-6-22-16)10-17-14-9-15(19-11-18-14)20-4-7-21-8-5-20/h9,11-13,16H,3-8,10H2,1-2H3,(H,17,18,19)/t13-,16-/m1/s1. The fourth-order valence-electron chi connectivity index (χ4n) is 3.26. The first kappa shape index (κ1) is 15.5. The van der Waals surface area contributed by atoms with E-state index in [4.69, 9.17) is 9.47 Å². The molecule has 0 radical (unpaired) electrons. The van der Waals surface area contributed by atoms with Crippen molar-refractivity contribution in [2.24, 2.45) is 11.8 Å². The minimum absolute atomic E-state index is 0.355. The molecule has 0 aromatic carbocycles. The van der Waals surface area contributed by atoms with E-state index in [1.54, 1.807) is 6.33 Å². The van der Waals surface area contributed by atoms with Gasteiger partial charge in [0.15, 0.2) is 0 Å². The lowest BCUT2D eigenvalue weighted by Gasteiger charge is -2.28. The highest BCUT2D eigenvalue weighted by Gasteiger charge is 2.30. The number of nitrogens with one attached hydrogen (secondary N) is 1. The van der Waals surface area contributed by atoms with E-state index in [-0.39, 0.29) is 0 Å². The molecular weight excluding hydrogens is 280 g/mol. The molecule has 0 saturated carbocycles. The van der Waals surface area contributed by atoms with Gasteiger partial charge in [-0.1, -0.05) is 13.8 Å². The number of ether oxygens (including phenoxy) is 2. The topological polar surface area (TPSA) is 59.5 Å². The van der Waals surface area contributed by atoms with Crippen molar-refractivity contribution in [3.8, 4) is 0 Å². The van der Waals surface area contributed by atoms with E-state index in [1.165, 1.54) is 0 Å². The van der Waals surface area contributed by atoms with Crippen LogP contribution in [-0.4, -0.2) is 55.5 Å². The second-order valence-electron chi connectivity index (χ2n) is 6.37. The number of nitrogens with zero attached hydrogens (tertiary/aromatic N) is 3. The number of hydrogen-bond donors (Lipinski definition) is 1. The van der Waals surface area contributed by atoms with Crippen LogP contribution in [0.4, 0.5) is 11.6 Å². The third-order valence-corrected chi connectivity index (χ3v) is 4.45. The zero-order chi connectivity index (χ0) is 15.4. The van der Waals surface area contributed by atoms with Gasteiger partial charge in [0.05, 0.1) is 19.3 Å². The highest BCUT2D eigenvalue weighted by Crippen LogP contribution is 2.27. The van der Waals surface area contributed by atoms with Gasteiger partial charge in [0.1, 0.15) is 18.0 Å². The van der Waals surface area contributed by atoms with Gasteiger partial charge in [0.25, 0.3) is 0 Å². The Labute approximate surface area is 132 Å². The number of rotatable bonds is 5.